The van der Waals surface area contributed by atoms with Gasteiger partial charge in [-0.15, -0.1) is 0 Å². The fourth-order valence-corrected chi connectivity index (χ4v) is 2.92. The van der Waals surface area contributed by atoms with Gasteiger partial charge >= 0.3 is 0 Å². The van der Waals surface area contributed by atoms with Crippen molar-refractivity contribution in [2.24, 2.45) is 0 Å². The largest absolute Gasteiger partial charge is 0.497 e. The van der Waals surface area contributed by atoms with E-state index in [1.54, 1.807) is 14.0 Å². The van der Waals surface area contributed by atoms with Gasteiger partial charge in [0.15, 0.2) is 0 Å². The Hall–Kier alpha value is -1.96. The zero-order valence-corrected chi connectivity index (χ0v) is 14.8. The van der Waals surface area contributed by atoms with E-state index in [0.29, 0.717) is 0 Å². The minimum atomic E-state index is -4.58. The van der Waals surface area contributed by atoms with E-state index < -0.39 is 21.3 Å². The lowest BCUT2D eigenvalue weighted by Crippen LogP contribution is -2.40. The molecule has 24 heavy (non-hydrogen) atoms. The lowest BCUT2D eigenvalue weighted by atomic mass is 9.97. The van der Waals surface area contributed by atoms with E-state index in [0.717, 1.165) is 28.3 Å². The Balaban J connectivity index is 2.08. The zero-order chi connectivity index (χ0) is 18.0. The number of benzene rings is 2. The lowest BCUT2D eigenvalue weighted by Gasteiger charge is -2.25. The third-order valence-electron chi connectivity index (χ3n) is 3.84. The molecule has 3 N–H and O–H groups in total. The fourth-order valence-electron chi connectivity index (χ4n) is 2.35. The van der Waals surface area contributed by atoms with Crippen LogP contribution in [0.15, 0.2) is 36.4 Å². The fraction of sp³-hybridized carbons (Fsp3) is 0.353. The van der Waals surface area contributed by atoms with E-state index >= 15 is 0 Å². The van der Waals surface area contributed by atoms with Crippen molar-refractivity contribution >= 4 is 26.3 Å². The Kier molecular flexibility index (Phi) is 4.98. The second kappa shape index (κ2) is 6.51. The van der Waals surface area contributed by atoms with E-state index in [-0.39, 0.29) is 12.5 Å². The molecule has 1 unspecified atom stereocenters. The van der Waals surface area contributed by atoms with Crippen molar-refractivity contribution in [1.29, 1.82) is 0 Å². The summed E-state index contributed by atoms with van der Waals surface area (Å²) < 4.78 is 35.1. The first-order valence-electron chi connectivity index (χ1n) is 7.53. The topological polar surface area (TPSA) is 95.9 Å². The Morgan fingerprint density at radius 2 is 1.83 bits per heavy atom. The average molecular weight is 353 g/mol. The van der Waals surface area contributed by atoms with Gasteiger partial charge in [0.1, 0.15) is 5.75 Å². The second-order valence-corrected chi connectivity index (χ2v) is 9.38. The number of carbonyl (C=O) groups excluding carboxylic acids is 1. The van der Waals surface area contributed by atoms with Gasteiger partial charge in [0.25, 0.3) is 0 Å². The molecule has 0 fully saturated rings. The van der Waals surface area contributed by atoms with Crippen molar-refractivity contribution in [2.45, 2.75) is 12.8 Å². The molecule has 0 aliphatic heterocycles. The molecule has 2 rings (SSSR count). The number of methoxy groups -OCH3 is 1. The zero-order valence-electron chi connectivity index (χ0n) is 14.0. The molecule has 0 aliphatic rings. The number of rotatable bonds is 6. The molecule has 0 saturated carbocycles. The number of ether oxygens (including phenoxy) is 1. The molecule has 0 aliphatic carbocycles. The summed E-state index contributed by atoms with van der Waals surface area (Å²) in [4.78, 5) is 12.2. The minimum Gasteiger partial charge on any atom is -0.497 e. The van der Waals surface area contributed by atoms with Gasteiger partial charge in [0.05, 0.1) is 28.4 Å². The molecule has 6 nitrogen and oxygen atoms in total. The Morgan fingerprint density at radius 3 is 2.46 bits per heavy atom. The maximum absolute atomic E-state index is 12.2. The van der Waals surface area contributed by atoms with Gasteiger partial charge in [-0.1, -0.05) is 24.3 Å². The predicted molar refractivity (Wildman–Crippen MR) is 96.1 cm³/mol. The second-order valence-electron chi connectivity index (χ2n) is 6.12. The predicted octanol–water partition coefficient (Wildman–Crippen LogP) is 2.46. The highest BCUT2D eigenvalue weighted by Crippen LogP contribution is 2.25. The molecule has 2 aromatic carbocycles. The first kappa shape index (κ1) is 18.4. The van der Waals surface area contributed by atoms with Gasteiger partial charge in [-0.2, -0.15) is 0 Å². The molecular formula is C17H23NO5S. The molecule has 0 saturated heterocycles. The van der Waals surface area contributed by atoms with Crippen molar-refractivity contribution in [3.8, 4) is 5.75 Å². The van der Waals surface area contributed by atoms with Crippen molar-refractivity contribution in [3.63, 3.8) is 0 Å². The number of hydrogen-bond donors (Lipinski definition) is 3. The highest BCUT2D eigenvalue weighted by atomic mass is 32.3. The van der Waals surface area contributed by atoms with Gasteiger partial charge in [0.2, 0.25) is 5.91 Å². The molecular weight excluding hydrogens is 330 g/mol. The highest BCUT2D eigenvalue weighted by molar-refractivity contribution is 8.09. The molecule has 1 atom stereocenters. The quantitative estimate of drug-likeness (QED) is 0.741. The van der Waals surface area contributed by atoms with Crippen LogP contribution < -0.4 is 10.1 Å². The van der Waals surface area contributed by atoms with Crippen LogP contribution in [0.1, 0.15) is 18.4 Å². The first-order valence-corrected chi connectivity index (χ1v) is 9.99. The van der Waals surface area contributed by atoms with Crippen LogP contribution in [0.5, 0.6) is 5.75 Å². The third-order valence-corrected chi connectivity index (χ3v) is 4.98. The number of fused-ring (bicyclic) bond motifs is 1. The van der Waals surface area contributed by atoms with Crippen molar-refractivity contribution in [2.75, 3.05) is 25.7 Å². The maximum atomic E-state index is 12.2. The van der Waals surface area contributed by atoms with Gasteiger partial charge in [0, 0.05) is 12.8 Å². The van der Waals surface area contributed by atoms with E-state index in [1.807, 2.05) is 36.4 Å². The number of hydrogen-bond acceptors (Lipinski definition) is 3. The van der Waals surface area contributed by atoms with Crippen molar-refractivity contribution < 1.29 is 22.8 Å². The van der Waals surface area contributed by atoms with Gasteiger partial charge in [-0.25, -0.2) is 4.21 Å². The molecule has 2 aromatic rings. The molecule has 7 heteroatoms. The Bertz CT molecular complexity index is 816. The summed E-state index contributed by atoms with van der Waals surface area (Å²) in [6.45, 7) is 1.70. The van der Waals surface area contributed by atoms with E-state index in [4.69, 9.17) is 4.74 Å². The molecule has 0 heterocycles. The molecule has 0 aromatic heterocycles. The van der Waals surface area contributed by atoms with Gasteiger partial charge in [-0.05, 0) is 35.4 Å². The Labute approximate surface area is 141 Å². The van der Waals surface area contributed by atoms with E-state index in [2.05, 4.69) is 5.32 Å². The Morgan fingerprint density at radius 1 is 1.21 bits per heavy atom. The summed E-state index contributed by atoms with van der Waals surface area (Å²) in [7, 11) is -2.97. The molecule has 0 spiro atoms. The standard InChI is InChI=1S/C17H23NO5S/c1-12(17(19)18-8-9-24(3,20,21)22)13-4-5-15-11-16(23-2)7-6-14(15)10-13/h4-7,10-12H,8-9H2,1-3H3,(H,18,19)(H2,20,21,22). The lowest BCUT2D eigenvalue weighted by molar-refractivity contribution is -0.122. The summed E-state index contributed by atoms with van der Waals surface area (Å²) >= 11 is 0. The summed E-state index contributed by atoms with van der Waals surface area (Å²) in [5.74, 6) is -0.306. The highest BCUT2D eigenvalue weighted by Gasteiger charge is 2.23. The number of carbonyl (C=O) groups is 1. The monoisotopic (exact) mass is 353 g/mol. The van der Waals surface area contributed by atoms with Crippen LogP contribution in [0.2, 0.25) is 0 Å². The van der Waals surface area contributed by atoms with E-state index in [1.165, 1.54) is 0 Å². The maximum Gasteiger partial charge on any atom is 0.227 e. The summed E-state index contributed by atoms with van der Waals surface area (Å²) in [5.41, 5.74) is 0.840. The van der Waals surface area contributed by atoms with Crippen LogP contribution in [-0.2, 0) is 14.4 Å². The van der Waals surface area contributed by atoms with Crippen LogP contribution in [0.4, 0.5) is 0 Å². The minimum absolute atomic E-state index is 0.0666. The molecule has 0 bridgehead atoms. The van der Waals surface area contributed by atoms with Crippen molar-refractivity contribution in [1.82, 2.24) is 5.32 Å². The van der Waals surface area contributed by atoms with Crippen LogP contribution in [0, 0.1) is 0 Å². The van der Waals surface area contributed by atoms with Gasteiger partial charge in [-0.3, -0.25) is 4.79 Å². The van der Waals surface area contributed by atoms with Crippen LogP contribution in [-0.4, -0.2) is 44.9 Å². The first-order chi connectivity index (χ1) is 11.0. The van der Waals surface area contributed by atoms with Crippen LogP contribution >= 0.6 is 0 Å². The number of nitrogens with one attached hydrogen (secondary N) is 1. The molecule has 132 valence electrons. The average Bonchev–Trinajstić information content (AvgIpc) is 2.51. The normalized spacial score (nSPS) is 14.6. The SMILES string of the molecule is COc1ccc2cc(C(C)C(=O)NCCS(C)(=O)(O)O)ccc2c1. The molecule has 0 radical (unpaired) electrons. The van der Waals surface area contributed by atoms with Crippen LogP contribution in [0.3, 0.4) is 0 Å². The van der Waals surface area contributed by atoms with Gasteiger partial charge < -0.3 is 19.2 Å². The van der Waals surface area contributed by atoms with Crippen molar-refractivity contribution in [3.05, 3.63) is 42.0 Å². The van der Waals surface area contributed by atoms with E-state index in [9.17, 15) is 18.1 Å². The summed E-state index contributed by atoms with van der Waals surface area (Å²) in [6.07, 6.45) is 0.865. The molecule has 1 amide bonds. The summed E-state index contributed by atoms with van der Waals surface area (Å²) in [5, 5.41) is 4.59. The van der Waals surface area contributed by atoms with Crippen LogP contribution in [0.25, 0.3) is 10.8 Å². The third kappa shape index (κ3) is 5.02. The number of amides is 1. The smallest absolute Gasteiger partial charge is 0.227 e. The summed E-state index contributed by atoms with van der Waals surface area (Å²) in [6, 6.07) is 11.4.